The third-order valence-electron chi connectivity index (χ3n) is 4.99. The first kappa shape index (κ1) is 20.3. The van der Waals surface area contributed by atoms with Crippen LogP contribution in [-0.2, 0) is 12.6 Å². The van der Waals surface area contributed by atoms with Crippen molar-refractivity contribution in [2.75, 3.05) is 6.54 Å². The number of hydrogen-bond acceptors (Lipinski definition) is 1. The molecular weight excluding hydrogens is 422 g/mol. The highest BCUT2D eigenvalue weighted by atomic mass is 35.5. The summed E-state index contributed by atoms with van der Waals surface area (Å²) in [4.78, 5) is 17.5. The molecule has 0 aliphatic carbocycles. The number of H-pyrrole nitrogens is 2. The summed E-state index contributed by atoms with van der Waals surface area (Å²) < 4.78 is 54.6. The lowest BCUT2D eigenvalue weighted by atomic mass is 10.0. The van der Waals surface area contributed by atoms with Crippen molar-refractivity contribution in [3.63, 3.8) is 0 Å². The van der Waals surface area contributed by atoms with Crippen molar-refractivity contribution in [2.24, 2.45) is 0 Å². The predicted molar refractivity (Wildman–Crippen MR) is 107 cm³/mol. The highest BCUT2D eigenvalue weighted by Gasteiger charge is 2.37. The zero-order valence-electron chi connectivity index (χ0n) is 15.7. The lowest BCUT2D eigenvalue weighted by Gasteiger charge is -2.10. The number of alkyl halides is 3. The first-order valence-corrected chi connectivity index (χ1v) is 9.46. The van der Waals surface area contributed by atoms with Gasteiger partial charge in [-0.25, -0.2) is 4.39 Å². The summed E-state index contributed by atoms with van der Waals surface area (Å²) in [6, 6.07) is 9.28. The van der Waals surface area contributed by atoms with Gasteiger partial charge in [-0.15, -0.1) is 0 Å². The van der Waals surface area contributed by atoms with E-state index in [1.807, 2.05) is 0 Å². The van der Waals surface area contributed by atoms with Gasteiger partial charge >= 0.3 is 6.18 Å². The molecule has 30 heavy (non-hydrogen) atoms. The van der Waals surface area contributed by atoms with E-state index in [9.17, 15) is 22.4 Å². The summed E-state index contributed by atoms with van der Waals surface area (Å²) >= 11 is 5.94. The topological polar surface area (TPSA) is 60.7 Å². The zero-order valence-corrected chi connectivity index (χ0v) is 16.4. The normalized spacial score (nSPS) is 12.1. The number of carbonyl (C=O) groups excluding carboxylic acids is 1. The van der Waals surface area contributed by atoms with Gasteiger partial charge in [-0.1, -0.05) is 17.7 Å². The van der Waals surface area contributed by atoms with Gasteiger partial charge in [-0.2, -0.15) is 13.2 Å². The first-order chi connectivity index (χ1) is 14.1. The molecule has 0 saturated carbocycles. The Hall–Kier alpha value is -3.00. The van der Waals surface area contributed by atoms with Crippen LogP contribution in [0.1, 0.15) is 27.3 Å². The summed E-state index contributed by atoms with van der Waals surface area (Å²) in [7, 11) is 0. The maximum absolute atomic E-state index is 14.1. The molecule has 0 aliphatic rings. The van der Waals surface area contributed by atoms with E-state index in [0.717, 1.165) is 11.5 Å². The van der Waals surface area contributed by atoms with Gasteiger partial charge in [0.25, 0.3) is 5.91 Å². The van der Waals surface area contributed by atoms with Gasteiger partial charge in [0, 0.05) is 27.9 Å². The fourth-order valence-electron chi connectivity index (χ4n) is 3.63. The second-order valence-electron chi connectivity index (χ2n) is 7.01. The lowest BCUT2D eigenvalue weighted by Crippen LogP contribution is -2.26. The van der Waals surface area contributed by atoms with E-state index in [0.29, 0.717) is 16.1 Å². The molecule has 4 rings (SSSR count). The first-order valence-electron chi connectivity index (χ1n) is 9.08. The molecule has 0 bridgehead atoms. The van der Waals surface area contributed by atoms with E-state index in [4.69, 9.17) is 11.6 Å². The Bertz CT molecular complexity index is 1270. The number of amides is 1. The Labute approximate surface area is 173 Å². The maximum atomic E-state index is 14.1. The molecule has 0 atom stereocenters. The zero-order chi connectivity index (χ0) is 21.6. The Morgan fingerprint density at radius 2 is 1.90 bits per heavy atom. The molecule has 2 aromatic heterocycles. The van der Waals surface area contributed by atoms with Crippen molar-refractivity contribution in [2.45, 2.75) is 19.5 Å². The minimum absolute atomic E-state index is 0.0546. The fourth-order valence-corrected chi connectivity index (χ4v) is 3.81. The third kappa shape index (κ3) is 3.63. The second kappa shape index (κ2) is 7.36. The van der Waals surface area contributed by atoms with Crippen molar-refractivity contribution in [1.29, 1.82) is 0 Å². The standard InChI is InChI=1S/C21H16ClF4N3O/c1-10-2-4-14(23)18-17(10)13(19(29-18)21(24,25)26)6-7-27-20(30)16-9-11-8-12(22)3-5-15(11)28-16/h2-5,8-9,28-29H,6-7H2,1H3,(H,27,30). The van der Waals surface area contributed by atoms with Crippen LogP contribution in [0.25, 0.3) is 21.8 Å². The molecule has 0 saturated heterocycles. The van der Waals surface area contributed by atoms with Crippen molar-refractivity contribution in [1.82, 2.24) is 15.3 Å². The monoisotopic (exact) mass is 437 g/mol. The number of halogens is 5. The number of carbonyl (C=O) groups is 1. The summed E-state index contributed by atoms with van der Waals surface area (Å²) in [6.45, 7) is 1.56. The Morgan fingerprint density at radius 3 is 2.63 bits per heavy atom. The van der Waals surface area contributed by atoms with Crippen LogP contribution in [0.3, 0.4) is 0 Å². The fraction of sp³-hybridized carbons (Fsp3) is 0.190. The molecule has 0 fully saturated rings. The molecule has 156 valence electrons. The average Bonchev–Trinajstić information content (AvgIpc) is 3.26. The van der Waals surface area contributed by atoms with Crippen LogP contribution in [0.5, 0.6) is 0 Å². The molecule has 0 spiro atoms. The van der Waals surface area contributed by atoms with Gasteiger partial charge in [-0.05, 0) is 54.8 Å². The largest absolute Gasteiger partial charge is 0.431 e. The molecular formula is C21H16ClF4N3O. The SMILES string of the molecule is Cc1ccc(F)c2[nH]c(C(F)(F)F)c(CCNC(=O)c3cc4cc(Cl)ccc4[nH]3)c12. The molecule has 2 aromatic carbocycles. The van der Waals surface area contributed by atoms with Crippen molar-refractivity contribution < 1.29 is 22.4 Å². The van der Waals surface area contributed by atoms with Gasteiger partial charge in [-0.3, -0.25) is 4.79 Å². The number of aromatic amines is 2. The van der Waals surface area contributed by atoms with E-state index in [1.165, 1.54) is 6.07 Å². The number of aromatic nitrogens is 2. The summed E-state index contributed by atoms with van der Waals surface area (Å²) in [5.41, 5.74) is 0.248. The molecule has 0 unspecified atom stereocenters. The Morgan fingerprint density at radius 1 is 1.13 bits per heavy atom. The number of hydrogen-bond donors (Lipinski definition) is 3. The van der Waals surface area contributed by atoms with Crippen LogP contribution in [0.2, 0.25) is 5.02 Å². The summed E-state index contributed by atoms with van der Waals surface area (Å²) in [6.07, 6.45) is -4.79. The number of rotatable bonds is 4. The van der Waals surface area contributed by atoms with E-state index in [1.54, 1.807) is 31.2 Å². The van der Waals surface area contributed by atoms with E-state index >= 15 is 0 Å². The van der Waals surface area contributed by atoms with Crippen LogP contribution in [0.15, 0.2) is 36.4 Å². The van der Waals surface area contributed by atoms with Crippen LogP contribution >= 0.6 is 11.6 Å². The molecule has 9 heteroatoms. The van der Waals surface area contributed by atoms with Crippen molar-refractivity contribution in [3.8, 4) is 0 Å². The highest BCUT2D eigenvalue weighted by Crippen LogP contribution is 2.37. The average molecular weight is 438 g/mol. The Balaban J connectivity index is 1.58. The third-order valence-corrected chi connectivity index (χ3v) is 5.22. The van der Waals surface area contributed by atoms with Gasteiger partial charge in [0.05, 0.1) is 5.52 Å². The molecule has 0 radical (unpaired) electrons. The Kier molecular flexibility index (Phi) is 4.97. The highest BCUT2D eigenvalue weighted by molar-refractivity contribution is 6.31. The molecule has 3 N–H and O–H groups in total. The minimum Gasteiger partial charge on any atom is -0.351 e. The van der Waals surface area contributed by atoms with Crippen LogP contribution in [0, 0.1) is 12.7 Å². The number of nitrogens with one attached hydrogen (secondary N) is 3. The van der Waals surface area contributed by atoms with E-state index < -0.39 is 23.6 Å². The minimum atomic E-state index is -4.67. The van der Waals surface area contributed by atoms with Crippen LogP contribution < -0.4 is 5.32 Å². The molecule has 1 amide bonds. The van der Waals surface area contributed by atoms with E-state index in [-0.39, 0.29) is 35.1 Å². The van der Waals surface area contributed by atoms with Crippen molar-refractivity contribution >= 4 is 39.3 Å². The number of aryl methyl sites for hydroxylation is 1. The van der Waals surface area contributed by atoms with Crippen molar-refractivity contribution in [3.05, 3.63) is 69.8 Å². The molecule has 2 heterocycles. The summed E-state index contributed by atoms with van der Waals surface area (Å²) in [5, 5.41) is 4.07. The summed E-state index contributed by atoms with van der Waals surface area (Å²) in [5.74, 6) is -1.22. The van der Waals surface area contributed by atoms with Crippen LogP contribution in [0.4, 0.5) is 17.6 Å². The number of benzene rings is 2. The number of fused-ring (bicyclic) bond motifs is 2. The second-order valence-corrected chi connectivity index (χ2v) is 7.45. The quantitative estimate of drug-likeness (QED) is 0.350. The van der Waals surface area contributed by atoms with Gasteiger partial charge in [0.2, 0.25) is 0 Å². The van der Waals surface area contributed by atoms with E-state index in [2.05, 4.69) is 15.3 Å². The van der Waals surface area contributed by atoms with Gasteiger partial charge in [0.1, 0.15) is 17.2 Å². The smallest absolute Gasteiger partial charge is 0.351 e. The lowest BCUT2D eigenvalue weighted by molar-refractivity contribution is -0.141. The van der Waals surface area contributed by atoms with Gasteiger partial charge in [0.15, 0.2) is 0 Å². The molecule has 4 aromatic rings. The maximum Gasteiger partial charge on any atom is 0.431 e. The molecule has 4 nitrogen and oxygen atoms in total. The molecule has 0 aliphatic heterocycles. The predicted octanol–water partition coefficient (Wildman–Crippen LogP) is 5.74. The van der Waals surface area contributed by atoms with Gasteiger partial charge < -0.3 is 15.3 Å². The van der Waals surface area contributed by atoms with Crippen LogP contribution in [-0.4, -0.2) is 22.4 Å².